The van der Waals surface area contributed by atoms with Crippen molar-refractivity contribution >= 4 is 13.9 Å². The van der Waals surface area contributed by atoms with Gasteiger partial charge in [0.25, 0.3) is 0 Å². The maximum absolute atomic E-state index is 14.3. The fraction of sp³-hybridized carbons (Fsp3) is 0.231. The molecule has 2 nitrogen and oxygen atoms in total. The molecule has 3 unspecified atom stereocenters. The van der Waals surface area contributed by atoms with Gasteiger partial charge in [0, 0.05) is 17.1 Å². The van der Waals surface area contributed by atoms with Gasteiger partial charge >= 0.3 is 0 Å². The quantitative estimate of drug-likeness (QED) is 0.147. The van der Waals surface area contributed by atoms with Crippen LogP contribution >= 0.6 is 8.58 Å². The van der Waals surface area contributed by atoms with Crippen molar-refractivity contribution in [2.45, 2.75) is 57.9 Å². The highest BCUT2D eigenvalue weighted by molar-refractivity contribution is 7.48. The number of benzene rings is 5. The Morgan fingerprint density at radius 3 is 1.91 bits per heavy atom. The molecule has 43 heavy (non-hydrogen) atoms. The summed E-state index contributed by atoms with van der Waals surface area (Å²) in [5, 5.41) is 11.2. The Hall–Kier alpha value is -3.78. The van der Waals surface area contributed by atoms with Crippen LogP contribution < -0.4 is 10.0 Å². The average Bonchev–Trinajstić information content (AvgIpc) is 3.02. The van der Waals surface area contributed by atoms with Crippen molar-refractivity contribution in [3.8, 4) is 5.75 Å². The van der Waals surface area contributed by atoms with Crippen molar-refractivity contribution < 1.29 is 14.2 Å². The van der Waals surface area contributed by atoms with E-state index in [0.29, 0.717) is 20.8 Å². The minimum absolute atomic E-state index is 0.303. The zero-order valence-electron chi connectivity index (χ0n) is 25.2. The fourth-order valence-corrected chi connectivity index (χ4v) is 7.27. The molecule has 0 fully saturated rings. The van der Waals surface area contributed by atoms with E-state index in [2.05, 4.69) is 86.6 Å². The van der Waals surface area contributed by atoms with Gasteiger partial charge in [-0.05, 0) is 70.6 Å². The molecule has 0 aliphatic carbocycles. The minimum Gasteiger partial charge on any atom is -0.488 e. The van der Waals surface area contributed by atoms with E-state index in [-0.39, 0.29) is 11.0 Å². The van der Waals surface area contributed by atoms with Crippen LogP contribution in [-0.2, 0) is 24.6 Å². The molecule has 220 valence electrons. The molecule has 0 saturated carbocycles. The van der Waals surface area contributed by atoms with Crippen molar-refractivity contribution in [3.63, 3.8) is 0 Å². The van der Waals surface area contributed by atoms with E-state index < -0.39 is 6.10 Å². The molecule has 0 aromatic heterocycles. The molecule has 0 saturated heterocycles. The number of halogens is 1. The molecule has 0 aliphatic rings. The van der Waals surface area contributed by atoms with E-state index in [1.165, 1.54) is 28.8 Å². The Morgan fingerprint density at radius 1 is 0.744 bits per heavy atom. The Kier molecular flexibility index (Phi) is 10.1. The standard InChI is InChI=1S/C39H40FO2P/c1-4-39(3,43-37-21-20-34(40)26-35(37)28(2)41)36-25-32(22-29-14-8-5-9-15-29)24-33(23-30-16-10-6-11-17-30)38(36)42-27-31-18-12-7-13-19-31/h5-21,24-26,28,41,43H,4,22-23,27H2,1-3H3. The largest absolute Gasteiger partial charge is 0.488 e. The first kappa shape index (κ1) is 30.7. The van der Waals surface area contributed by atoms with Gasteiger partial charge in [-0.15, -0.1) is 0 Å². The first-order valence-electron chi connectivity index (χ1n) is 15.0. The second kappa shape index (κ2) is 14.1. The molecule has 5 rings (SSSR count). The third-order valence-electron chi connectivity index (χ3n) is 8.12. The Labute approximate surface area is 257 Å². The highest BCUT2D eigenvalue weighted by Crippen LogP contribution is 2.50. The van der Waals surface area contributed by atoms with Crippen LogP contribution in [0.3, 0.4) is 0 Å². The van der Waals surface area contributed by atoms with Gasteiger partial charge in [0.15, 0.2) is 0 Å². The Morgan fingerprint density at radius 2 is 1.33 bits per heavy atom. The Bertz CT molecular complexity index is 1620. The van der Waals surface area contributed by atoms with Crippen LogP contribution in [0, 0.1) is 5.82 Å². The van der Waals surface area contributed by atoms with Crippen molar-refractivity contribution in [1.82, 2.24) is 0 Å². The monoisotopic (exact) mass is 590 g/mol. The molecule has 0 heterocycles. The van der Waals surface area contributed by atoms with Gasteiger partial charge in [0.2, 0.25) is 0 Å². The maximum atomic E-state index is 14.3. The first-order valence-corrected chi connectivity index (χ1v) is 16.0. The zero-order chi connectivity index (χ0) is 30.2. The van der Waals surface area contributed by atoms with Crippen LogP contribution in [-0.4, -0.2) is 5.11 Å². The van der Waals surface area contributed by atoms with Crippen LogP contribution in [0.1, 0.15) is 72.2 Å². The van der Waals surface area contributed by atoms with E-state index in [9.17, 15) is 9.50 Å². The summed E-state index contributed by atoms with van der Waals surface area (Å²) in [7, 11) is 0.303. The van der Waals surface area contributed by atoms with E-state index in [0.717, 1.165) is 47.0 Å². The predicted molar refractivity (Wildman–Crippen MR) is 178 cm³/mol. The number of hydrogen-bond acceptors (Lipinski definition) is 2. The normalized spacial score (nSPS) is 13.6. The lowest BCUT2D eigenvalue weighted by Crippen LogP contribution is -2.23. The first-order chi connectivity index (χ1) is 20.8. The Balaban J connectivity index is 1.66. The van der Waals surface area contributed by atoms with E-state index in [1.54, 1.807) is 6.92 Å². The van der Waals surface area contributed by atoms with Gasteiger partial charge in [-0.3, -0.25) is 0 Å². The van der Waals surface area contributed by atoms with Crippen LogP contribution in [0.5, 0.6) is 5.75 Å². The third kappa shape index (κ3) is 7.79. The van der Waals surface area contributed by atoms with Crippen LogP contribution in [0.15, 0.2) is 121 Å². The van der Waals surface area contributed by atoms with Gasteiger partial charge in [0.1, 0.15) is 18.2 Å². The lowest BCUT2D eigenvalue weighted by molar-refractivity contribution is 0.200. The smallest absolute Gasteiger partial charge is 0.127 e. The second-order valence-electron chi connectivity index (χ2n) is 11.4. The van der Waals surface area contributed by atoms with Crippen molar-refractivity contribution in [2.75, 3.05) is 0 Å². The molecule has 1 N–H and O–H groups in total. The van der Waals surface area contributed by atoms with Gasteiger partial charge in [-0.25, -0.2) is 4.39 Å². The van der Waals surface area contributed by atoms with Crippen LogP contribution in [0.4, 0.5) is 4.39 Å². The summed E-state index contributed by atoms with van der Waals surface area (Å²) in [4.78, 5) is 0. The molecule has 0 bridgehead atoms. The second-order valence-corrected chi connectivity index (χ2v) is 13.3. The summed E-state index contributed by atoms with van der Waals surface area (Å²) in [6.07, 6.45) is 1.65. The molecule has 5 aromatic carbocycles. The van der Waals surface area contributed by atoms with Crippen LogP contribution in [0.2, 0.25) is 0 Å². The molecule has 3 atom stereocenters. The van der Waals surface area contributed by atoms with Gasteiger partial charge < -0.3 is 9.84 Å². The van der Waals surface area contributed by atoms with Gasteiger partial charge in [-0.1, -0.05) is 132 Å². The topological polar surface area (TPSA) is 29.5 Å². The summed E-state index contributed by atoms with van der Waals surface area (Å²) >= 11 is 0. The van der Waals surface area contributed by atoms with Crippen molar-refractivity contribution in [2.24, 2.45) is 0 Å². The number of aliphatic hydroxyl groups is 1. The number of rotatable bonds is 12. The summed E-state index contributed by atoms with van der Waals surface area (Å²) < 4.78 is 21.1. The summed E-state index contributed by atoms with van der Waals surface area (Å²) in [6, 6.07) is 40.8. The molecular weight excluding hydrogens is 550 g/mol. The fourth-order valence-electron chi connectivity index (χ4n) is 5.58. The molecule has 0 amide bonds. The lowest BCUT2D eigenvalue weighted by Gasteiger charge is -2.34. The zero-order valence-corrected chi connectivity index (χ0v) is 26.2. The molecule has 0 radical (unpaired) electrons. The van der Waals surface area contributed by atoms with Gasteiger partial charge in [-0.2, -0.15) is 0 Å². The van der Waals surface area contributed by atoms with Crippen molar-refractivity contribution in [3.05, 3.63) is 166 Å². The average molecular weight is 591 g/mol. The summed E-state index contributed by atoms with van der Waals surface area (Å²) in [5.41, 5.74) is 7.80. The third-order valence-corrected chi connectivity index (χ3v) is 10.0. The number of hydrogen-bond donors (Lipinski definition) is 1. The maximum Gasteiger partial charge on any atom is 0.127 e. The van der Waals surface area contributed by atoms with Gasteiger partial charge in [0.05, 0.1) is 6.10 Å². The number of ether oxygens (including phenoxy) is 1. The summed E-state index contributed by atoms with van der Waals surface area (Å²) in [6.45, 7) is 6.66. The van der Waals surface area contributed by atoms with Crippen LogP contribution in [0.25, 0.3) is 0 Å². The lowest BCUT2D eigenvalue weighted by atomic mass is 9.88. The highest BCUT2D eigenvalue weighted by Gasteiger charge is 2.32. The molecule has 5 aromatic rings. The predicted octanol–water partition coefficient (Wildman–Crippen LogP) is 9.27. The van der Waals surface area contributed by atoms with E-state index in [1.807, 2.05) is 36.4 Å². The molecule has 0 aliphatic heterocycles. The summed E-state index contributed by atoms with van der Waals surface area (Å²) in [5.74, 6) is 0.589. The minimum atomic E-state index is -0.758. The molecule has 4 heteroatoms. The number of aliphatic hydroxyl groups excluding tert-OH is 1. The highest BCUT2D eigenvalue weighted by atomic mass is 31.1. The molecule has 0 spiro atoms. The SMILES string of the molecule is CCC(C)(Pc1ccc(F)cc1C(C)O)c1cc(Cc2ccccc2)cc(Cc2ccccc2)c1OCc1ccccc1. The van der Waals surface area contributed by atoms with E-state index in [4.69, 9.17) is 4.74 Å². The molecular formula is C39H40FO2P. The van der Waals surface area contributed by atoms with E-state index >= 15 is 0 Å². The van der Waals surface area contributed by atoms with Crippen molar-refractivity contribution in [1.29, 1.82) is 0 Å².